The fraction of sp³-hybridized carbons (Fsp3) is 0.867. The Labute approximate surface area is 134 Å². The monoisotopic (exact) mass is 319 g/mol. The van der Waals surface area contributed by atoms with Crippen molar-refractivity contribution in [3.8, 4) is 0 Å². The smallest absolute Gasteiger partial charge is 0.241 e. The van der Waals surface area contributed by atoms with E-state index < -0.39 is 6.04 Å². The highest BCUT2D eigenvalue weighted by atomic mass is 35.5. The molecule has 0 heterocycles. The van der Waals surface area contributed by atoms with Gasteiger partial charge < -0.3 is 16.0 Å². The molecule has 0 aliphatic heterocycles. The zero-order valence-electron chi connectivity index (χ0n) is 13.6. The van der Waals surface area contributed by atoms with Crippen LogP contribution >= 0.6 is 12.4 Å². The molecule has 0 bridgehead atoms. The van der Waals surface area contributed by atoms with Crippen LogP contribution in [-0.4, -0.2) is 42.4 Å². The molecule has 21 heavy (non-hydrogen) atoms. The van der Waals surface area contributed by atoms with E-state index in [2.05, 4.69) is 12.2 Å². The van der Waals surface area contributed by atoms with Gasteiger partial charge in [-0.25, -0.2) is 0 Å². The third-order valence-corrected chi connectivity index (χ3v) is 4.36. The summed E-state index contributed by atoms with van der Waals surface area (Å²) in [6.07, 6.45) is 4.46. The molecule has 0 aromatic carbocycles. The van der Waals surface area contributed by atoms with E-state index >= 15 is 0 Å². The molecule has 0 aromatic rings. The summed E-state index contributed by atoms with van der Waals surface area (Å²) in [6, 6.07) is -0.238. The zero-order chi connectivity index (χ0) is 15.3. The predicted octanol–water partition coefficient (Wildman–Crippen LogP) is 1.54. The number of hydrogen-bond acceptors (Lipinski definition) is 3. The minimum atomic E-state index is -0.552. The van der Waals surface area contributed by atoms with Gasteiger partial charge in [0.2, 0.25) is 11.8 Å². The average molecular weight is 320 g/mol. The second-order valence-electron chi connectivity index (χ2n) is 6.41. The number of carbonyl (C=O) groups excluding carboxylic acids is 2. The Hall–Kier alpha value is -0.810. The first-order chi connectivity index (χ1) is 9.32. The minimum absolute atomic E-state index is 0. The van der Waals surface area contributed by atoms with E-state index in [1.54, 1.807) is 4.90 Å². The topological polar surface area (TPSA) is 75.4 Å². The maximum absolute atomic E-state index is 12.1. The number of likely N-dealkylation sites (N-methyl/N-ethyl adjacent to an activating group) is 1. The Kier molecular flexibility index (Phi) is 8.90. The second kappa shape index (κ2) is 9.26. The van der Waals surface area contributed by atoms with Gasteiger partial charge in [0.15, 0.2) is 0 Å². The van der Waals surface area contributed by atoms with Crippen LogP contribution in [0.25, 0.3) is 0 Å². The minimum Gasteiger partial charge on any atom is -0.346 e. The van der Waals surface area contributed by atoms with Crippen molar-refractivity contribution < 1.29 is 9.59 Å². The van der Waals surface area contributed by atoms with Crippen LogP contribution in [0.4, 0.5) is 0 Å². The van der Waals surface area contributed by atoms with E-state index in [0.29, 0.717) is 6.04 Å². The highest BCUT2D eigenvalue weighted by Gasteiger charge is 2.25. The summed E-state index contributed by atoms with van der Waals surface area (Å²) in [5, 5.41) is 2.64. The number of rotatable bonds is 5. The molecular weight excluding hydrogens is 290 g/mol. The molecular formula is C15H30ClN3O2. The predicted molar refractivity (Wildman–Crippen MR) is 87.3 cm³/mol. The molecule has 0 spiro atoms. The number of nitrogens with one attached hydrogen (secondary N) is 1. The molecule has 1 atom stereocenters. The first kappa shape index (κ1) is 20.2. The molecule has 5 nitrogen and oxygen atoms in total. The fourth-order valence-electron chi connectivity index (χ4n) is 2.54. The molecule has 6 heteroatoms. The summed E-state index contributed by atoms with van der Waals surface area (Å²) in [5.74, 6) is 0.550. The third kappa shape index (κ3) is 6.22. The quantitative estimate of drug-likeness (QED) is 0.807. The van der Waals surface area contributed by atoms with Crippen molar-refractivity contribution in [1.29, 1.82) is 0 Å². The number of nitrogens with two attached hydrogens (primary N) is 1. The van der Waals surface area contributed by atoms with Crippen molar-refractivity contribution in [2.45, 2.75) is 58.5 Å². The summed E-state index contributed by atoms with van der Waals surface area (Å²) >= 11 is 0. The van der Waals surface area contributed by atoms with Gasteiger partial charge in [-0.2, -0.15) is 0 Å². The molecule has 0 aromatic heterocycles. The standard InChI is InChI=1S/C15H29N3O2.ClH/c1-10(2)14(16)15(20)17-9-13(19)18(4)12-7-5-11(3)6-8-12;/h10-12,14H,5-9,16H2,1-4H3,(H,17,20);1H/t11?,12?,14-;/m0./s1. The van der Waals surface area contributed by atoms with Gasteiger partial charge in [0.05, 0.1) is 12.6 Å². The summed E-state index contributed by atoms with van der Waals surface area (Å²) in [7, 11) is 1.83. The summed E-state index contributed by atoms with van der Waals surface area (Å²) in [6.45, 7) is 6.08. The maximum atomic E-state index is 12.1. The molecule has 124 valence electrons. The molecule has 1 fully saturated rings. The molecule has 1 rings (SSSR count). The lowest BCUT2D eigenvalue weighted by atomic mass is 9.87. The number of amides is 2. The second-order valence-corrected chi connectivity index (χ2v) is 6.41. The molecule has 1 saturated carbocycles. The summed E-state index contributed by atoms with van der Waals surface area (Å²) in [4.78, 5) is 25.6. The van der Waals surface area contributed by atoms with Crippen LogP contribution in [0.15, 0.2) is 0 Å². The average Bonchev–Trinajstić information content (AvgIpc) is 2.43. The van der Waals surface area contributed by atoms with Crippen molar-refractivity contribution in [3.63, 3.8) is 0 Å². The Morgan fingerprint density at radius 1 is 1.24 bits per heavy atom. The van der Waals surface area contributed by atoms with Crippen LogP contribution in [0.5, 0.6) is 0 Å². The SMILES string of the molecule is CC1CCC(N(C)C(=O)CNC(=O)[C@@H](N)C(C)C)CC1.Cl. The number of nitrogens with zero attached hydrogens (tertiary/aromatic N) is 1. The highest BCUT2D eigenvalue weighted by molar-refractivity contribution is 5.87. The van der Waals surface area contributed by atoms with Crippen molar-refractivity contribution in [1.82, 2.24) is 10.2 Å². The molecule has 0 saturated heterocycles. The van der Waals surface area contributed by atoms with E-state index in [4.69, 9.17) is 5.73 Å². The van der Waals surface area contributed by atoms with E-state index in [9.17, 15) is 9.59 Å². The molecule has 1 aliphatic rings. The van der Waals surface area contributed by atoms with Crippen molar-refractivity contribution in [3.05, 3.63) is 0 Å². The van der Waals surface area contributed by atoms with Gasteiger partial charge in [0.1, 0.15) is 0 Å². The van der Waals surface area contributed by atoms with E-state index in [1.807, 2.05) is 20.9 Å². The maximum Gasteiger partial charge on any atom is 0.241 e. The normalized spacial score (nSPS) is 23.1. The summed E-state index contributed by atoms with van der Waals surface area (Å²) < 4.78 is 0. The molecule has 2 amide bonds. The number of carbonyl (C=O) groups is 2. The number of halogens is 1. The van der Waals surface area contributed by atoms with Gasteiger partial charge >= 0.3 is 0 Å². The Balaban J connectivity index is 0.00000400. The van der Waals surface area contributed by atoms with Gasteiger partial charge in [0, 0.05) is 13.1 Å². The van der Waals surface area contributed by atoms with Crippen LogP contribution in [0, 0.1) is 11.8 Å². The van der Waals surface area contributed by atoms with Gasteiger partial charge in [-0.3, -0.25) is 9.59 Å². The van der Waals surface area contributed by atoms with Gasteiger partial charge in [-0.05, 0) is 37.5 Å². The largest absolute Gasteiger partial charge is 0.346 e. The zero-order valence-corrected chi connectivity index (χ0v) is 14.4. The fourth-order valence-corrected chi connectivity index (χ4v) is 2.54. The first-order valence-electron chi connectivity index (χ1n) is 7.61. The van der Waals surface area contributed by atoms with E-state index in [0.717, 1.165) is 18.8 Å². The Bertz CT molecular complexity index is 342. The van der Waals surface area contributed by atoms with Crippen molar-refractivity contribution in [2.75, 3.05) is 13.6 Å². The van der Waals surface area contributed by atoms with Crippen LogP contribution in [0.2, 0.25) is 0 Å². The van der Waals surface area contributed by atoms with Crippen LogP contribution < -0.4 is 11.1 Å². The third-order valence-electron chi connectivity index (χ3n) is 4.36. The number of hydrogen-bond donors (Lipinski definition) is 2. The Morgan fingerprint density at radius 3 is 2.24 bits per heavy atom. The molecule has 0 radical (unpaired) electrons. The molecule has 1 aliphatic carbocycles. The van der Waals surface area contributed by atoms with Gasteiger partial charge in [-0.1, -0.05) is 20.8 Å². The van der Waals surface area contributed by atoms with Gasteiger partial charge in [-0.15, -0.1) is 12.4 Å². The molecule has 3 N–H and O–H groups in total. The summed E-state index contributed by atoms with van der Waals surface area (Å²) in [5.41, 5.74) is 5.74. The van der Waals surface area contributed by atoms with Crippen molar-refractivity contribution >= 4 is 24.2 Å². The van der Waals surface area contributed by atoms with Crippen LogP contribution in [0.1, 0.15) is 46.5 Å². The highest BCUT2D eigenvalue weighted by Crippen LogP contribution is 2.26. The Morgan fingerprint density at radius 2 is 1.76 bits per heavy atom. The molecule has 0 unspecified atom stereocenters. The van der Waals surface area contributed by atoms with Crippen molar-refractivity contribution in [2.24, 2.45) is 17.6 Å². The van der Waals surface area contributed by atoms with E-state index in [1.165, 1.54) is 12.8 Å². The lowest BCUT2D eigenvalue weighted by molar-refractivity contribution is -0.134. The van der Waals surface area contributed by atoms with E-state index in [-0.39, 0.29) is 36.7 Å². The lowest BCUT2D eigenvalue weighted by Crippen LogP contribution is -2.49. The lowest BCUT2D eigenvalue weighted by Gasteiger charge is -2.33. The first-order valence-corrected chi connectivity index (χ1v) is 7.61. The van der Waals surface area contributed by atoms with Gasteiger partial charge in [0.25, 0.3) is 0 Å². The van der Waals surface area contributed by atoms with Crippen LogP contribution in [0.3, 0.4) is 0 Å². The van der Waals surface area contributed by atoms with Crippen LogP contribution in [-0.2, 0) is 9.59 Å².